The van der Waals surface area contributed by atoms with E-state index >= 15 is 0 Å². The quantitative estimate of drug-likeness (QED) is 0.524. The summed E-state index contributed by atoms with van der Waals surface area (Å²) >= 11 is 1.55. The number of aromatic nitrogens is 2. The van der Waals surface area contributed by atoms with Gasteiger partial charge in [0.25, 0.3) is 5.91 Å². The highest BCUT2D eigenvalue weighted by atomic mass is 32.1. The van der Waals surface area contributed by atoms with Crippen LogP contribution in [0.1, 0.15) is 42.6 Å². The number of benzene rings is 1. The van der Waals surface area contributed by atoms with Crippen molar-refractivity contribution < 1.29 is 14.6 Å². The summed E-state index contributed by atoms with van der Waals surface area (Å²) in [6.45, 7) is 0.116. The Morgan fingerprint density at radius 1 is 1.23 bits per heavy atom. The van der Waals surface area contributed by atoms with Gasteiger partial charge in [-0.05, 0) is 37.0 Å². The molecule has 7 nitrogen and oxygen atoms in total. The molecule has 30 heavy (non-hydrogen) atoms. The predicted molar refractivity (Wildman–Crippen MR) is 118 cm³/mol. The van der Waals surface area contributed by atoms with E-state index in [1.807, 2.05) is 18.2 Å². The van der Waals surface area contributed by atoms with Crippen LogP contribution in [0.4, 0.5) is 5.13 Å². The number of nitrogens with zero attached hydrogens (tertiary/aromatic N) is 2. The maximum absolute atomic E-state index is 11.8. The molecular weight excluding hydrogens is 400 g/mol. The number of rotatable bonds is 7. The van der Waals surface area contributed by atoms with Crippen LogP contribution in [-0.2, 0) is 0 Å². The number of fused-ring (bicyclic) bond motifs is 1. The molecule has 1 fully saturated rings. The molecule has 2 heterocycles. The number of amides is 1. The van der Waals surface area contributed by atoms with Gasteiger partial charge in [-0.2, -0.15) is 0 Å². The molecule has 0 radical (unpaired) electrons. The number of thiazole rings is 1. The van der Waals surface area contributed by atoms with E-state index < -0.39 is 0 Å². The lowest BCUT2D eigenvalue weighted by atomic mass is 9.84. The first kappa shape index (κ1) is 20.6. The molecule has 0 spiro atoms. The average Bonchev–Trinajstić information content (AvgIpc) is 3.19. The zero-order chi connectivity index (χ0) is 20.9. The van der Waals surface area contributed by atoms with E-state index in [0.717, 1.165) is 28.2 Å². The van der Waals surface area contributed by atoms with E-state index in [1.54, 1.807) is 36.7 Å². The number of pyridine rings is 1. The van der Waals surface area contributed by atoms with E-state index in [9.17, 15) is 9.90 Å². The van der Waals surface area contributed by atoms with Crippen molar-refractivity contribution in [2.75, 3.05) is 19.0 Å². The van der Waals surface area contributed by atoms with Crippen LogP contribution in [0.25, 0.3) is 10.2 Å². The fourth-order valence-corrected chi connectivity index (χ4v) is 4.86. The van der Waals surface area contributed by atoms with Crippen molar-refractivity contribution in [3.8, 4) is 11.5 Å². The van der Waals surface area contributed by atoms with Crippen LogP contribution in [0.2, 0.25) is 0 Å². The first-order chi connectivity index (χ1) is 14.7. The molecule has 4 rings (SSSR count). The van der Waals surface area contributed by atoms with Crippen LogP contribution in [0.5, 0.6) is 11.5 Å². The standard InChI is InChI=1S/C22H26N4O3S/c1-23-21(28)18-11-16(9-10-24-18)29-15-7-8-17-20(12-15)30-22(25-17)26-19(13-27)14-5-3-2-4-6-14/h7-12,14,19,27H,2-6,13H2,1H3,(H,23,28)(H,25,26)/t19-/m0/s1. The van der Waals surface area contributed by atoms with Gasteiger partial charge in [0.2, 0.25) is 0 Å². The first-order valence-electron chi connectivity index (χ1n) is 10.3. The molecule has 2 aromatic heterocycles. The lowest BCUT2D eigenvalue weighted by Gasteiger charge is -2.29. The van der Waals surface area contributed by atoms with Gasteiger partial charge in [-0.3, -0.25) is 9.78 Å². The largest absolute Gasteiger partial charge is 0.457 e. The molecule has 3 N–H and O–H groups in total. The minimum atomic E-state index is -0.259. The fraction of sp³-hybridized carbons (Fsp3) is 0.409. The van der Waals surface area contributed by atoms with Crippen molar-refractivity contribution in [2.24, 2.45) is 5.92 Å². The number of carbonyl (C=O) groups is 1. The number of carbonyl (C=O) groups excluding carboxylic acids is 1. The van der Waals surface area contributed by atoms with Gasteiger partial charge in [0, 0.05) is 25.4 Å². The highest BCUT2D eigenvalue weighted by Gasteiger charge is 2.24. The second-order valence-corrected chi connectivity index (χ2v) is 8.57. The summed E-state index contributed by atoms with van der Waals surface area (Å²) in [5.74, 6) is 1.45. The van der Waals surface area contributed by atoms with Gasteiger partial charge < -0.3 is 20.5 Å². The fourth-order valence-electron chi connectivity index (χ4n) is 3.90. The van der Waals surface area contributed by atoms with Crippen molar-refractivity contribution >= 4 is 32.6 Å². The summed E-state index contributed by atoms with van der Waals surface area (Å²) in [5, 5.41) is 16.7. The van der Waals surface area contributed by atoms with Gasteiger partial charge in [-0.1, -0.05) is 30.6 Å². The summed E-state index contributed by atoms with van der Waals surface area (Å²) in [7, 11) is 1.57. The number of hydrogen-bond donors (Lipinski definition) is 3. The SMILES string of the molecule is CNC(=O)c1cc(Oc2ccc3nc(N[C@@H](CO)C4CCCCC4)sc3c2)ccn1. The zero-order valence-corrected chi connectivity index (χ0v) is 17.7. The van der Waals surface area contributed by atoms with Crippen LogP contribution < -0.4 is 15.4 Å². The molecule has 3 aromatic rings. The molecular formula is C22H26N4O3S. The van der Waals surface area contributed by atoms with Gasteiger partial charge in [0.15, 0.2) is 5.13 Å². The summed E-state index contributed by atoms with van der Waals surface area (Å²) in [5.41, 5.74) is 1.19. The molecule has 158 valence electrons. The molecule has 1 aromatic carbocycles. The molecule has 0 saturated heterocycles. The lowest BCUT2D eigenvalue weighted by molar-refractivity contribution is 0.0958. The van der Waals surface area contributed by atoms with Crippen LogP contribution in [0.3, 0.4) is 0 Å². The van der Waals surface area contributed by atoms with Crippen LogP contribution in [-0.4, -0.2) is 40.7 Å². The summed E-state index contributed by atoms with van der Waals surface area (Å²) in [6, 6.07) is 9.08. The van der Waals surface area contributed by atoms with Gasteiger partial charge in [-0.15, -0.1) is 0 Å². The molecule has 1 amide bonds. The number of nitrogens with one attached hydrogen (secondary N) is 2. The van der Waals surface area contributed by atoms with Gasteiger partial charge in [-0.25, -0.2) is 4.98 Å². The Morgan fingerprint density at radius 3 is 2.80 bits per heavy atom. The second-order valence-electron chi connectivity index (χ2n) is 7.54. The molecule has 1 saturated carbocycles. The molecule has 1 atom stereocenters. The van der Waals surface area contributed by atoms with Crippen LogP contribution in [0, 0.1) is 5.92 Å². The molecule has 0 bridgehead atoms. The third-order valence-electron chi connectivity index (χ3n) is 5.51. The Bertz CT molecular complexity index is 1020. The van der Waals surface area contributed by atoms with Crippen LogP contribution in [0.15, 0.2) is 36.5 Å². The van der Waals surface area contributed by atoms with Gasteiger partial charge in [0.1, 0.15) is 17.2 Å². The number of hydrogen-bond acceptors (Lipinski definition) is 7. The number of ether oxygens (including phenoxy) is 1. The smallest absolute Gasteiger partial charge is 0.269 e. The highest BCUT2D eigenvalue weighted by molar-refractivity contribution is 7.22. The summed E-state index contributed by atoms with van der Waals surface area (Å²) in [4.78, 5) is 20.5. The molecule has 8 heteroatoms. The van der Waals surface area contributed by atoms with E-state index in [-0.39, 0.29) is 18.6 Å². The molecule has 0 aliphatic heterocycles. The normalized spacial score (nSPS) is 15.7. The molecule has 1 aliphatic carbocycles. The Labute approximate surface area is 179 Å². The number of anilines is 1. The van der Waals surface area contributed by atoms with Crippen molar-refractivity contribution in [1.29, 1.82) is 0 Å². The number of aliphatic hydroxyl groups excluding tert-OH is 1. The third kappa shape index (κ3) is 4.71. The molecule has 0 unspecified atom stereocenters. The van der Waals surface area contributed by atoms with Crippen molar-refractivity contribution in [3.63, 3.8) is 0 Å². The topological polar surface area (TPSA) is 96.4 Å². The monoisotopic (exact) mass is 426 g/mol. The Balaban J connectivity index is 1.49. The van der Waals surface area contributed by atoms with E-state index in [0.29, 0.717) is 23.1 Å². The number of aliphatic hydroxyl groups is 1. The van der Waals surface area contributed by atoms with Gasteiger partial charge >= 0.3 is 0 Å². The van der Waals surface area contributed by atoms with E-state index in [2.05, 4.69) is 20.6 Å². The van der Waals surface area contributed by atoms with E-state index in [4.69, 9.17) is 4.74 Å². The van der Waals surface area contributed by atoms with Crippen molar-refractivity contribution in [1.82, 2.24) is 15.3 Å². The predicted octanol–water partition coefficient (Wildman–Crippen LogP) is 4.20. The van der Waals surface area contributed by atoms with E-state index in [1.165, 1.54) is 19.3 Å². The maximum Gasteiger partial charge on any atom is 0.269 e. The van der Waals surface area contributed by atoms with Crippen molar-refractivity contribution in [3.05, 3.63) is 42.2 Å². The minimum Gasteiger partial charge on any atom is -0.457 e. The van der Waals surface area contributed by atoms with Crippen LogP contribution >= 0.6 is 11.3 Å². The lowest BCUT2D eigenvalue weighted by Crippen LogP contribution is -2.33. The Hall–Kier alpha value is -2.71. The second kappa shape index (κ2) is 9.40. The molecule has 1 aliphatic rings. The Kier molecular flexibility index (Phi) is 6.44. The Morgan fingerprint density at radius 2 is 2.03 bits per heavy atom. The van der Waals surface area contributed by atoms with Gasteiger partial charge in [0.05, 0.1) is 22.9 Å². The summed E-state index contributed by atoms with van der Waals surface area (Å²) < 4.78 is 6.92. The highest BCUT2D eigenvalue weighted by Crippen LogP contribution is 2.33. The third-order valence-corrected chi connectivity index (χ3v) is 6.46. The first-order valence-corrected chi connectivity index (χ1v) is 11.1. The minimum absolute atomic E-state index is 0.0431. The summed E-state index contributed by atoms with van der Waals surface area (Å²) in [6.07, 6.45) is 7.63. The van der Waals surface area contributed by atoms with Crippen molar-refractivity contribution in [2.45, 2.75) is 38.1 Å². The maximum atomic E-state index is 11.8. The average molecular weight is 427 g/mol. The zero-order valence-electron chi connectivity index (χ0n) is 16.9.